The number of methoxy groups -OCH3 is 1. The molecule has 1 heterocycles. The van der Waals surface area contributed by atoms with Crippen molar-refractivity contribution in [3.8, 4) is 0 Å². The second-order valence-electron chi connectivity index (χ2n) is 6.76. The average Bonchev–Trinajstić information content (AvgIpc) is 3.00. The van der Waals surface area contributed by atoms with Gasteiger partial charge in [-0.25, -0.2) is 13.8 Å². The van der Waals surface area contributed by atoms with Gasteiger partial charge < -0.3 is 24.6 Å². The summed E-state index contributed by atoms with van der Waals surface area (Å²) in [5.41, 5.74) is 0.171. The number of nitrogens with one attached hydrogen (secondary N) is 1. The zero-order valence-corrected chi connectivity index (χ0v) is 20.6. The number of carbonyl (C=O) groups is 2. The smallest absolute Gasteiger partial charge is 0.293 e. The quantitative estimate of drug-likeness (QED) is 0.409. The Morgan fingerprint density at radius 2 is 1.82 bits per heavy atom. The standard InChI is InChI=1S/C17H24F2N4O4.C2H6O.C2H4S/c1-20-9-14(26-12-25)10-21(2)13-7-15(18)17(16(19)8-13)22-3-4-23(11-24)27-6-5-22;1-3-2;1-2-3/h7-8,11-12,14,20H,3-6,9-10H2,1-2H3;1-2H3;2H,1H3/t14-;;/m0../s1. The summed E-state index contributed by atoms with van der Waals surface area (Å²) in [6.45, 7) is 3.70. The Labute approximate surface area is 199 Å². The van der Waals surface area contributed by atoms with Crippen LogP contribution >= 0.6 is 12.2 Å². The van der Waals surface area contributed by atoms with Crippen LogP contribution in [0.2, 0.25) is 0 Å². The number of ether oxygens (including phenoxy) is 2. The minimum atomic E-state index is -0.710. The fourth-order valence-corrected chi connectivity index (χ4v) is 2.92. The van der Waals surface area contributed by atoms with Crippen LogP contribution in [0, 0.1) is 11.6 Å². The molecule has 188 valence electrons. The summed E-state index contributed by atoms with van der Waals surface area (Å²) in [6.07, 6.45) is 0.0810. The highest BCUT2D eigenvalue weighted by molar-refractivity contribution is 7.78. The third kappa shape index (κ3) is 11.3. The molecule has 1 N–H and O–H groups in total. The Morgan fingerprint density at radius 3 is 2.30 bits per heavy atom. The molecule has 0 aromatic heterocycles. The monoisotopic (exact) mass is 492 g/mol. The number of thiocarbonyl (C=S) groups is 1. The first-order valence-electron chi connectivity index (χ1n) is 10.2. The number of hydrogen-bond acceptors (Lipinski definition) is 9. The van der Waals surface area contributed by atoms with Crippen LogP contribution in [0.25, 0.3) is 0 Å². The lowest BCUT2D eigenvalue weighted by Gasteiger charge is -2.27. The van der Waals surface area contributed by atoms with Crippen molar-refractivity contribution in [2.75, 3.05) is 77.4 Å². The summed E-state index contributed by atoms with van der Waals surface area (Å²) >= 11 is 4.27. The van der Waals surface area contributed by atoms with Gasteiger partial charge in [0.05, 0.1) is 19.7 Å². The van der Waals surface area contributed by atoms with Gasteiger partial charge in [0.2, 0.25) is 6.41 Å². The van der Waals surface area contributed by atoms with Crippen molar-refractivity contribution in [1.82, 2.24) is 10.4 Å². The zero-order chi connectivity index (χ0) is 25.2. The lowest BCUT2D eigenvalue weighted by atomic mass is 10.2. The molecule has 0 radical (unpaired) electrons. The second kappa shape index (κ2) is 18.1. The lowest BCUT2D eigenvalue weighted by Crippen LogP contribution is -2.37. The van der Waals surface area contributed by atoms with E-state index in [4.69, 9.17) is 9.57 Å². The van der Waals surface area contributed by atoms with Gasteiger partial charge >= 0.3 is 0 Å². The van der Waals surface area contributed by atoms with Crippen LogP contribution in [0.1, 0.15) is 6.92 Å². The van der Waals surface area contributed by atoms with E-state index in [2.05, 4.69) is 22.3 Å². The van der Waals surface area contributed by atoms with Crippen molar-refractivity contribution in [3.05, 3.63) is 23.8 Å². The van der Waals surface area contributed by atoms with Gasteiger partial charge in [-0.1, -0.05) is 12.2 Å². The highest BCUT2D eigenvalue weighted by Gasteiger charge is 2.23. The topological polar surface area (TPSA) is 83.6 Å². The zero-order valence-electron chi connectivity index (χ0n) is 19.8. The highest BCUT2D eigenvalue weighted by atomic mass is 32.1. The maximum Gasteiger partial charge on any atom is 0.293 e. The number of anilines is 2. The van der Waals surface area contributed by atoms with E-state index in [0.717, 1.165) is 5.06 Å². The number of carbonyl (C=O) groups excluding carboxylic acids is 2. The first kappa shape index (κ1) is 30.6. The van der Waals surface area contributed by atoms with Gasteiger partial charge in [-0.3, -0.25) is 14.4 Å². The van der Waals surface area contributed by atoms with E-state index in [1.54, 1.807) is 38.6 Å². The number of amides is 1. The largest absolute Gasteiger partial charge is 0.461 e. The van der Waals surface area contributed by atoms with E-state index in [1.807, 2.05) is 6.92 Å². The van der Waals surface area contributed by atoms with Crippen LogP contribution in [0.15, 0.2) is 12.1 Å². The summed E-state index contributed by atoms with van der Waals surface area (Å²) in [6, 6.07) is 2.47. The number of hydrogen-bond donors (Lipinski definition) is 1. The Kier molecular flexibility index (Phi) is 16.7. The van der Waals surface area contributed by atoms with Crippen molar-refractivity contribution >= 4 is 41.8 Å². The number of likely N-dealkylation sites (N-methyl/N-ethyl adjacent to an activating group) is 2. The number of hydroxylamine groups is 2. The van der Waals surface area contributed by atoms with E-state index in [0.29, 0.717) is 25.1 Å². The van der Waals surface area contributed by atoms with E-state index in [9.17, 15) is 18.4 Å². The van der Waals surface area contributed by atoms with Crippen molar-refractivity contribution in [2.24, 2.45) is 0 Å². The predicted octanol–water partition coefficient (Wildman–Crippen LogP) is 1.64. The Morgan fingerprint density at radius 1 is 1.24 bits per heavy atom. The fourth-order valence-electron chi connectivity index (χ4n) is 2.92. The van der Waals surface area contributed by atoms with E-state index < -0.39 is 17.7 Å². The summed E-state index contributed by atoms with van der Waals surface area (Å²) in [5.74, 6) is -1.42. The van der Waals surface area contributed by atoms with E-state index in [-0.39, 0.29) is 38.5 Å². The second-order valence-corrected chi connectivity index (χ2v) is 7.23. The summed E-state index contributed by atoms with van der Waals surface area (Å²) in [5, 5.41) is 5.58. The summed E-state index contributed by atoms with van der Waals surface area (Å²) in [7, 11) is 6.62. The van der Waals surface area contributed by atoms with E-state index in [1.165, 1.54) is 17.0 Å². The van der Waals surface area contributed by atoms with Gasteiger partial charge in [0.1, 0.15) is 11.8 Å². The summed E-state index contributed by atoms with van der Waals surface area (Å²) < 4.78 is 38.5. The first-order chi connectivity index (χ1) is 15.8. The van der Waals surface area contributed by atoms with Crippen LogP contribution < -0.4 is 15.1 Å². The molecule has 1 aromatic rings. The van der Waals surface area contributed by atoms with Gasteiger partial charge in [0, 0.05) is 46.6 Å². The minimum absolute atomic E-state index is 0.147. The normalized spacial score (nSPS) is 13.9. The average molecular weight is 493 g/mol. The van der Waals surface area contributed by atoms with Gasteiger partial charge in [-0.05, 0) is 31.5 Å². The molecule has 1 fully saturated rings. The molecule has 0 saturated carbocycles. The molecule has 0 aliphatic carbocycles. The molecule has 0 bridgehead atoms. The molecule has 1 saturated heterocycles. The molecule has 2 rings (SSSR count). The van der Waals surface area contributed by atoms with Crippen molar-refractivity contribution in [3.63, 3.8) is 0 Å². The first-order valence-corrected chi connectivity index (χ1v) is 10.6. The molecular weight excluding hydrogens is 458 g/mol. The summed E-state index contributed by atoms with van der Waals surface area (Å²) in [4.78, 5) is 29.6. The van der Waals surface area contributed by atoms with Crippen LogP contribution in [0.5, 0.6) is 0 Å². The van der Waals surface area contributed by atoms with Crippen molar-refractivity contribution in [2.45, 2.75) is 13.0 Å². The predicted molar refractivity (Wildman–Crippen MR) is 128 cm³/mol. The molecule has 33 heavy (non-hydrogen) atoms. The third-order valence-electron chi connectivity index (χ3n) is 4.24. The molecule has 9 nitrogen and oxygen atoms in total. The molecule has 1 atom stereocenters. The van der Waals surface area contributed by atoms with Gasteiger partial charge in [0.25, 0.3) is 6.47 Å². The van der Waals surface area contributed by atoms with Gasteiger partial charge in [-0.15, -0.1) is 0 Å². The maximum atomic E-state index is 14.7. The Bertz CT molecular complexity index is 694. The number of rotatable bonds is 9. The fraction of sp³-hybridized carbons (Fsp3) is 0.571. The SMILES string of the molecule is CC=S.CNC[C@@H](CN(C)c1cc(F)c(N2CCON(C=O)CC2)c(F)c1)OC=O.COC. The van der Waals surface area contributed by atoms with Crippen molar-refractivity contribution < 1.29 is 32.7 Å². The number of halogens is 2. The van der Waals surface area contributed by atoms with Crippen LogP contribution in [0.3, 0.4) is 0 Å². The van der Waals surface area contributed by atoms with Gasteiger partial charge in [0.15, 0.2) is 11.6 Å². The number of benzene rings is 1. The maximum absolute atomic E-state index is 14.7. The van der Waals surface area contributed by atoms with Gasteiger partial charge in [-0.2, -0.15) is 0 Å². The molecular formula is C21H34F2N4O5S. The van der Waals surface area contributed by atoms with Crippen LogP contribution in [-0.4, -0.2) is 97.1 Å². The third-order valence-corrected chi connectivity index (χ3v) is 4.24. The molecule has 1 amide bonds. The molecule has 1 aliphatic rings. The molecule has 12 heteroatoms. The Balaban J connectivity index is 0.00000154. The molecule has 0 unspecified atom stereocenters. The highest BCUT2D eigenvalue weighted by Crippen LogP contribution is 2.29. The van der Waals surface area contributed by atoms with Crippen LogP contribution in [0.4, 0.5) is 20.2 Å². The minimum Gasteiger partial charge on any atom is -0.461 e. The number of nitrogens with zero attached hydrogens (tertiary/aromatic N) is 3. The molecule has 1 aliphatic heterocycles. The molecule has 0 spiro atoms. The lowest BCUT2D eigenvalue weighted by molar-refractivity contribution is -0.166. The van der Waals surface area contributed by atoms with Crippen LogP contribution in [-0.2, 0) is 23.9 Å². The van der Waals surface area contributed by atoms with E-state index >= 15 is 0 Å². The molecule has 1 aromatic carbocycles. The Hall–Kier alpha value is -2.41. The van der Waals surface area contributed by atoms with Crippen molar-refractivity contribution in [1.29, 1.82) is 0 Å².